The number of anilines is 1. The number of nitrogens with one attached hydrogen (secondary N) is 2. The molecule has 0 bridgehead atoms. The molecule has 1 unspecified atom stereocenters. The molecular formula is C20H26N2S. The highest BCUT2D eigenvalue weighted by atomic mass is 32.1. The summed E-state index contributed by atoms with van der Waals surface area (Å²) in [5.41, 5.74) is 4.99. The molecule has 23 heavy (non-hydrogen) atoms. The number of hydrogen-bond donors (Lipinski definition) is 2. The quantitative estimate of drug-likeness (QED) is 0.709. The SMILES string of the molecule is CCCc1ccc(C(C)NC(=S)Nc2ccccc2CC)cc1. The molecule has 0 saturated heterocycles. The van der Waals surface area contributed by atoms with Gasteiger partial charge in [-0.15, -0.1) is 0 Å². The van der Waals surface area contributed by atoms with Crippen molar-refractivity contribution in [2.24, 2.45) is 0 Å². The van der Waals surface area contributed by atoms with Crippen molar-refractivity contribution < 1.29 is 0 Å². The molecule has 2 N–H and O–H groups in total. The second kappa shape index (κ2) is 8.68. The van der Waals surface area contributed by atoms with E-state index in [0.29, 0.717) is 5.11 Å². The van der Waals surface area contributed by atoms with Crippen LogP contribution in [0.25, 0.3) is 0 Å². The zero-order valence-electron chi connectivity index (χ0n) is 14.2. The molecule has 0 spiro atoms. The van der Waals surface area contributed by atoms with Gasteiger partial charge in [0.25, 0.3) is 0 Å². The molecular weight excluding hydrogens is 300 g/mol. The first-order valence-electron chi connectivity index (χ1n) is 8.38. The first kappa shape index (κ1) is 17.5. The van der Waals surface area contributed by atoms with Crippen LogP contribution < -0.4 is 10.6 Å². The van der Waals surface area contributed by atoms with Gasteiger partial charge in [-0.25, -0.2) is 0 Å². The molecule has 1 atom stereocenters. The van der Waals surface area contributed by atoms with Crippen molar-refractivity contribution in [3.05, 3.63) is 65.2 Å². The van der Waals surface area contributed by atoms with Gasteiger partial charge in [0, 0.05) is 5.69 Å². The van der Waals surface area contributed by atoms with E-state index in [1.54, 1.807) is 0 Å². The summed E-state index contributed by atoms with van der Waals surface area (Å²) in [4.78, 5) is 0. The van der Waals surface area contributed by atoms with Gasteiger partial charge < -0.3 is 10.6 Å². The number of hydrogen-bond acceptors (Lipinski definition) is 1. The predicted octanol–water partition coefficient (Wildman–Crippen LogP) is 5.25. The third kappa shape index (κ3) is 5.07. The van der Waals surface area contributed by atoms with Crippen LogP contribution in [0.2, 0.25) is 0 Å². The number of para-hydroxylation sites is 1. The van der Waals surface area contributed by atoms with Crippen LogP contribution in [-0.4, -0.2) is 5.11 Å². The summed E-state index contributed by atoms with van der Waals surface area (Å²) in [6, 6.07) is 17.2. The van der Waals surface area contributed by atoms with Crippen LogP contribution in [0.3, 0.4) is 0 Å². The molecule has 122 valence electrons. The molecule has 0 aromatic heterocycles. The van der Waals surface area contributed by atoms with Crippen molar-refractivity contribution in [2.45, 2.75) is 46.1 Å². The molecule has 0 aliphatic rings. The molecule has 0 heterocycles. The lowest BCUT2D eigenvalue weighted by molar-refractivity contribution is 0.721. The lowest BCUT2D eigenvalue weighted by Gasteiger charge is -2.19. The van der Waals surface area contributed by atoms with Crippen LogP contribution in [0.4, 0.5) is 5.69 Å². The van der Waals surface area contributed by atoms with E-state index in [4.69, 9.17) is 12.2 Å². The van der Waals surface area contributed by atoms with Crippen LogP contribution in [0.15, 0.2) is 48.5 Å². The van der Waals surface area contributed by atoms with Crippen molar-refractivity contribution in [3.8, 4) is 0 Å². The lowest BCUT2D eigenvalue weighted by Crippen LogP contribution is -2.31. The van der Waals surface area contributed by atoms with Crippen molar-refractivity contribution >= 4 is 23.0 Å². The molecule has 0 aliphatic heterocycles. The third-order valence-electron chi connectivity index (χ3n) is 4.01. The Kier molecular flexibility index (Phi) is 6.60. The van der Waals surface area contributed by atoms with Gasteiger partial charge in [0.1, 0.15) is 0 Å². The van der Waals surface area contributed by atoms with Gasteiger partial charge in [-0.2, -0.15) is 0 Å². The Bertz CT molecular complexity index is 634. The molecule has 0 fully saturated rings. The first-order chi connectivity index (χ1) is 11.1. The van der Waals surface area contributed by atoms with Gasteiger partial charge in [0.05, 0.1) is 6.04 Å². The van der Waals surface area contributed by atoms with Gasteiger partial charge in [0.15, 0.2) is 5.11 Å². The van der Waals surface area contributed by atoms with E-state index in [-0.39, 0.29) is 6.04 Å². The van der Waals surface area contributed by atoms with Gasteiger partial charge >= 0.3 is 0 Å². The van der Waals surface area contributed by atoms with Gasteiger partial charge in [-0.1, -0.05) is 62.7 Å². The Morgan fingerprint density at radius 3 is 2.39 bits per heavy atom. The van der Waals surface area contributed by atoms with E-state index >= 15 is 0 Å². The molecule has 0 saturated carbocycles. The minimum atomic E-state index is 0.180. The Labute approximate surface area is 145 Å². The average molecular weight is 327 g/mol. The van der Waals surface area contributed by atoms with Crippen LogP contribution >= 0.6 is 12.2 Å². The highest BCUT2D eigenvalue weighted by molar-refractivity contribution is 7.80. The summed E-state index contributed by atoms with van der Waals surface area (Å²) in [5.74, 6) is 0. The van der Waals surface area contributed by atoms with E-state index in [2.05, 4.69) is 73.9 Å². The maximum Gasteiger partial charge on any atom is 0.171 e. The maximum atomic E-state index is 5.46. The van der Waals surface area contributed by atoms with Gasteiger partial charge in [0.2, 0.25) is 0 Å². The normalized spacial score (nSPS) is 11.8. The molecule has 2 rings (SSSR count). The molecule has 0 radical (unpaired) electrons. The van der Waals surface area contributed by atoms with E-state index < -0.39 is 0 Å². The Morgan fingerprint density at radius 2 is 1.74 bits per heavy atom. The Balaban J connectivity index is 1.96. The van der Waals surface area contributed by atoms with Gasteiger partial charge in [-0.05, 0) is 54.7 Å². The molecule has 3 heteroatoms. The Morgan fingerprint density at radius 1 is 1.04 bits per heavy atom. The lowest BCUT2D eigenvalue weighted by atomic mass is 10.0. The predicted molar refractivity (Wildman–Crippen MR) is 104 cm³/mol. The summed E-state index contributed by atoms with van der Waals surface area (Å²) < 4.78 is 0. The van der Waals surface area contributed by atoms with Crippen LogP contribution in [-0.2, 0) is 12.8 Å². The van der Waals surface area contributed by atoms with E-state index in [1.807, 2.05) is 6.07 Å². The third-order valence-corrected chi connectivity index (χ3v) is 4.23. The van der Waals surface area contributed by atoms with Crippen LogP contribution in [0.5, 0.6) is 0 Å². The fourth-order valence-electron chi connectivity index (χ4n) is 2.65. The van der Waals surface area contributed by atoms with Crippen LogP contribution in [0.1, 0.15) is 49.9 Å². The smallest absolute Gasteiger partial charge is 0.171 e. The summed E-state index contributed by atoms with van der Waals surface area (Å²) in [5, 5.41) is 7.34. The van der Waals surface area contributed by atoms with Crippen molar-refractivity contribution in [2.75, 3.05) is 5.32 Å². The van der Waals surface area contributed by atoms with E-state index in [0.717, 1.165) is 18.5 Å². The Hall–Kier alpha value is -1.87. The highest BCUT2D eigenvalue weighted by Crippen LogP contribution is 2.17. The summed E-state index contributed by atoms with van der Waals surface area (Å²) in [6.45, 7) is 6.49. The zero-order valence-corrected chi connectivity index (χ0v) is 15.0. The van der Waals surface area contributed by atoms with Crippen molar-refractivity contribution in [3.63, 3.8) is 0 Å². The largest absolute Gasteiger partial charge is 0.356 e. The highest BCUT2D eigenvalue weighted by Gasteiger charge is 2.08. The molecule has 0 aliphatic carbocycles. The molecule has 0 amide bonds. The van der Waals surface area contributed by atoms with E-state index in [1.165, 1.54) is 23.1 Å². The van der Waals surface area contributed by atoms with Crippen molar-refractivity contribution in [1.82, 2.24) is 5.32 Å². The summed E-state index contributed by atoms with van der Waals surface area (Å²) in [7, 11) is 0. The molecule has 2 aromatic carbocycles. The fraction of sp³-hybridized carbons (Fsp3) is 0.350. The van der Waals surface area contributed by atoms with Crippen molar-refractivity contribution in [1.29, 1.82) is 0 Å². The molecule has 2 aromatic rings. The fourth-order valence-corrected chi connectivity index (χ4v) is 2.94. The maximum absolute atomic E-state index is 5.46. The number of thiocarbonyl (C=S) groups is 1. The number of aryl methyl sites for hydroxylation is 2. The minimum Gasteiger partial charge on any atom is -0.356 e. The minimum absolute atomic E-state index is 0.180. The zero-order chi connectivity index (χ0) is 16.7. The second-order valence-electron chi connectivity index (χ2n) is 5.82. The van der Waals surface area contributed by atoms with Crippen LogP contribution in [0, 0.1) is 0 Å². The number of benzene rings is 2. The summed E-state index contributed by atoms with van der Waals surface area (Å²) >= 11 is 5.46. The van der Waals surface area contributed by atoms with Gasteiger partial charge in [-0.3, -0.25) is 0 Å². The topological polar surface area (TPSA) is 24.1 Å². The van der Waals surface area contributed by atoms with E-state index in [9.17, 15) is 0 Å². The first-order valence-corrected chi connectivity index (χ1v) is 8.79. The summed E-state index contributed by atoms with van der Waals surface area (Å²) in [6.07, 6.45) is 3.30. The molecule has 2 nitrogen and oxygen atoms in total. The monoisotopic (exact) mass is 326 g/mol. The standard InChI is InChI=1S/C20H26N2S/c1-4-8-16-11-13-18(14-12-16)15(3)21-20(23)22-19-10-7-6-9-17(19)5-2/h6-7,9-15H,4-5,8H2,1-3H3,(H2,21,22,23). The average Bonchev–Trinajstić information content (AvgIpc) is 2.56. The second-order valence-corrected chi connectivity index (χ2v) is 6.23. The number of rotatable bonds is 6.